The van der Waals surface area contributed by atoms with Crippen LogP contribution < -0.4 is 42.0 Å². The molecule has 0 saturated heterocycles. The van der Waals surface area contributed by atoms with Crippen molar-refractivity contribution >= 4 is 90.1 Å². The Kier molecular flexibility index (Phi) is 11.6. The zero-order valence-corrected chi connectivity index (χ0v) is 37.1. The van der Waals surface area contributed by atoms with E-state index in [1.807, 2.05) is 0 Å². The maximum Gasteiger partial charge on any atom is 0.0775 e. The summed E-state index contributed by atoms with van der Waals surface area (Å²) in [6, 6.07) is 39.6. The summed E-state index contributed by atoms with van der Waals surface area (Å²) in [5, 5.41) is 12.3. The van der Waals surface area contributed by atoms with Crippen LogP contribution in [0.5, 0.6) is 0 Å². The Bertz CT molecular complexity index is 1330. The monoisotopic (exact) mass is 714 g/mol. The maximum atomic E-state index is 2.57. The molecule has 0 spiro atoms. The van der Waals surface area contributed by atoms with Crippen LogP contribution in [0.1, 0.15) is 13.8 Å². The number of rotatable bonds is 11. The third kappa shape index (κ3) is 8.98. The van der Waals surface area contributed by atoms with Crippen LogP contribution in [0.15, 0.2) is 97.1 Å². The van der Waals surface area contributed by atoms with Crippen LogP contribution in [0.4, 0.5) is 0 Å². The topological polar surface area (TPSA) is 0 Å². The largest absolute Gasteiger partial charge is 0.0775 e. The molecule has 4 aromatic rings. The number of benzene rings is 4. The van der Waals surface area contributed by atoms with Crippen LogP contribution in [0, 0.1) is 0 Å². The fraction of sp³-hybridized carbons (Fsp3) is 0.400. The minimum absolute atomic E-state index is 0.518. The average molecular weight is 715 g/mol. The molecule has 0 radical (unpaired) electrons. The molecular weight excluding hydrogens is 655 g/mol. The van der Waals surface area contributed by atoms with Gasteiger partial charge >= 0.3 is 0 Å². The summed E-state index contributed by atoms with van der Waals surface area (Å²) in [5.41, 5.74) is 1.04. The van der Waals surface area contributed by atoms with Gasteiger partial charge in [0.15, 0.2) is 0 Å². The first-order valence-electron chi connectivity index (χ1n) is 17.2. The second-order valence-electron chi connectivity index (χ2n) is 17.4. The molecule has 2 unspecified atom stereocenters. The Labute approximate surface area is 289 Å². The van der Waals surface area contributed by atoms with E-state index in [0.29, 0.717) is 11.3 Å². The minimum atomic E-state index is -1.37. The van der Waals surface area contributed by atoms with Crippen molar-refractivity contribution in [3.63, 3.8) is 0 Å². The van der Waals surface area contributed by atoms with Gasteiger partial charge in [-0.2, -0.15) is 0 Å². The van der Waals surface area contributed by atoms with Crippen LogP contribution in [0.3, 0.4) is 0 Å². The Hall–Kier alpha value is -1.39. The summed E-state index contributed by atoms with van der Waals surface area (Å²) < 4.78 is 0. The molecule has 0 aliphatic carbocycles. The summed E-state index contributed by atoms with van der Waals surface area (Å²) >= 11 is 0. The van der Waals surface area contributed by atoms with Gasteiger partial charge < -0.3 is 0 Å². The van der Waals surface area contributed by atoms with Crippen molar-refractivity contribution in [1.29, 1.82) is 0 Å². The van der Waals surface area contributed by atoms with Gasteiger partial charge in [0, 0.05) is 0 Å². The molecule has 2 atom stereocenters. The highest BCUT2D eigenvalue weighted by molar-refractivity contribution is 7.77. The lowest BCUT2D eigenvalue weighted by molar-refractivity contribution is 0.912. The molecule has 0 aliphatic heterocycles. The van der Waals surface area contributed by atoms with Crippen molar-refractivity contribution < 1.29 is 0 Å². The van der Waals surface area contributed by atoms with Gasteiger partial charge in [-0.15, -0.1) is 0 Å². The fourth-order valence-electron chi connectivity index (χ4n) is 6.16. The van der Waals surface area contributed by atoms with Crippen molar-refractivity contribution in [3.05, 3.63) is 97.1 Å². The van der Waals surface area contributed by atoms with Crippen molar-refractivity contribution in [2.75, 3.05) is 0 Å². The highest BCUT2D eigenvalue weighted by Gasteiger charge is 2.33. The normalized spacial score (nSPS) is 14.5. The Morgan fingerprint density at radius 2 is 0.457 bits per heavy atom. The van der Waals surface area contributed by atoms with E-state index in [4.69, 9.17) is 0 Å². The smallest absolute Gasteiger partial charge is 0.0656 e. The maximum absolute atomic E-state index is 2.57. The van der Waals surface area contributed by atoms with Gasteiger partial charge in [0.2, 0.25) is 0 Å². The van der Waals surface area contributed by atoms with Crippen LogP contribution >= 0.6 is 15.8 Å². The van der Waals surface area contributed by atoms with E-state index < -0.39 is 48.1 Å². The Balaban J connectivity index is 1.84. The molecule has 0 aliphatic rings. The molecule has 4 rings (SSSR count). The summed E-state index contributed by atoms with van der Waals surface area (Å²) in [6.45, 7) is 34.6. The zero-order valence-electron chi connectivity index (χ0n) is 31.3. The lowest BCUT2D eigenvalue weighted by atomic mass is 10.3. The van der Waals surface area contributed by atoms with E-state index >= 15 is 0 Å². The van der Waals surface area contributed by atoms with E-state index in [1.54, 1.807) is 20.7 Å². The van der Waals surface area contributed by atoms with Crippen molar-refractivity contribution in [1.82, 2.24) is 0 Å². The van der Waals surface area contributed by atoms with Crippen LogP contribution in [-0.2, 0) is 0 Å². The van der Waals surface area contributed by atoms with Gasteiger partial charge in [0.25, 0.3) is 0 Å². The molecule has 0 nitrogen and oxygen atoms in total. The molecular formula is C40H60P2Si4. The first-order valence-corrected chi connectivity index (χ1v) is 34.0. The Morgan fingerprint density at radius 3 is 0.587 bits per heavy atom. The van der Waals surface area contributed by atoms with Gasteiger partial charge in [0.1, 0.15) is 0 Å². The number of hydrogen-bond acceptors (Lipinski definition) is 0. The fourth-order valence-corrected chi connectivity index (χ4v) is 16.8. The average Bonchev–Trinajstić information content (AvgIpc) is 2.96. The molecule has 0 fully saturated rings. The zero-order chi connectivity index (χ0) is 34.2. The molecule has 4 aromatic carbocycles. The summed E-state index contributed by atoms with van der Waals surface area (Å²) in [5.74, 6) is 0. The molecule has 0 N–H and O–H groups in total. The van der Waals surface area contributed by atoms with E-state index in [-0.39, 0.29) is 0 Å². The van der Waals surface area contributed by atoms with E-state index in [0.717, 1.165) is 0 Å². The Morgan fingerprint density at radius 1 is 0.304 bits per heavy atom. The quantitative estimate of drug-likeness (QED) is 0.109. The molecule has 0 saturated carbocycles. The summed E-state index contributed by atoms with van der Waals surface area (Å²) in [7, 11) is -6.58. The molecule has 0 aromatic heterocycles. The van der Waals surface area contributed by atoms with Gasteiger partial charge in [-0.3, -0.25) is 0 Å². The lowest BCUT2D eigenvalue weighted by Gasteiger charge is -2.36. The molecule has 0 bridgehead atoms. The SMILES string of the molecule is CC(C(C)P(c1ccc([Si](C)(C)C)cc1)c1ccc([Si](C)(C)C)cc1)P(c1ccc([Si](C)(C)C)cc1)c1ccc([Si](C)(C)C)cc1. The molecule has 0 heterocycles. The third-order valence-electron chi connectivity index (χ3n) is 9.56. The number of hydrogen-bond donors (Lipinski definition) is 0. The third-order valence-corrected chi connectivity index (χ3v) is 24.0. The van der Waals surface area contributed by atoms with Crippen LogP contribution in [-0.4, -0.2) is 43.6 Å². The first-order chi connectivity index (χ1) is 21.2. The van der Waals surface area contributed by atoms with E-state index in [1.165, 1.54) is 21.2 Å². The van der Waals surface area contributed by atoms with E-state index in [2.05, 4.69) is 189 Å². The molecule has 246 valence electrons. The van der Waals surface area contributed by atoms with Crippen molar-refractivity contribution in [2.45, 2.75) is 104 Å². The summed E-state index contributed by atoms with van der Waals surface area (Å²) in [6.07, 6.45) is 0. The van der Waals surface area contributed by atoms with Gasteiger partial charge in [-0.1, -0.05) is 210 Å². The van der Waals surface area contributed by atoms with Gasteiger partial charge in [-0.25, -0.2) is 0 Å². The van der Waals surface area contributed by atoms with Crippen molar-refractivity contribution in [3.8, 4) is 0 Å². The predicted molar refractivity (Wildman–Crippen MR) is 229 cm³/mol. The van der Waals surface area contributed by atoms with Crippen LogP contribution in [0.25, 0.3) is 0 Å². The summed E-state index contributed by atoms with van der Waals surface area (Å²) in [4.78, 5) is 0. The van der Waals surface area contributed by atoms with Crippen molar-refractivity contribution in [2.24, 2.45) is 0 Å². The highest BCUT2D eigenvalue weighted by atomic mass is 31.1. The second-order valence-corrected chi connectivity index (χ2v) is 42.9. The first kappa shape index (κ1) is 37.4. The van der Waals surface area contributed by atoms with E-state index in [9.17, 15) is 0 Å². The van der Waals surface area contributed by atoms with Gasteiger partial charge in [0.05, 0.1) is 32.3 Å². The predicted octanol–water partition coefficient (Wildman–Crippen LogP) is 8.21. The lowest BCUT2D eigenvalue weighted by Crippen LogP contribution is -2.40. The standard InChI is InChI=1S/C40H60P2Si4/c1-31(41(33-15-23-37(24-16-33)43(3,4)5)34-17-25-38(26-18-34)44(6,7)8)32(2)42(35-19-27-39(28-20-35)45(9,10)11)36-21-29-40(30-22-36)46(12,13)14/h15-32H,1-14H3. The van der Waals surface area contributed by atoms with Crippen LogP contribution in [0.2, 0.25) is 78.6 Å². The molecule has 0 amide bonds. The molecule has 6 heteroatoms. The minimum Gasteiger partial charge on any atom is -0.0656 e. The van der Waals surface area contributed by atoms with Gasteiger partial charge in [-0.05, 0) is 48.4 Å². The highest BCUT2D eigenvalue weighted by Crippen LogP contribution is 2.51. The second kappa shape index (κ2) is 14.2. The molecule has 46 heavy (non-hydrogen) atoms.